The zero-order valence-corrected chi connectivity index (χ0v) is 10.9. The number of carboxylic acids is 1. The monoisotopic (exact) mass is 248 g/mol. The number of carboxylic acid groups (broad SMARTS) is 1. The highest BCUT2D eigenvalue weighted by atomic mass is 16.4. The average Bonchev–Trinajstić information content (AvgIpc) is 2.40. The van der Waals surface area contributed by atoms with E-state index in [1.807, 2.05) is 12.1 Å². The molecule has 0 aromatic heterocycles. The van der Waals surface area contributed by atoms with Crippen LogP contribution in [0, 0.1) is 0 Å². The van der Waals surface area contributed by atoms with Crippen molar-refractivity contribution in [2.24, 2.45) is 0 Å². The first-order valence-corrected chi connectivity index (χ1v) is 6.31. The predicted molar refractivity (Wildman–Crippen MR) is 70.9 cm³/mol. The van der Waals surface area contributed by atoms with E-state index in [0.29, 0.717) is 5.56 Å². The second-order valence-electron chi connectivity index (χ2n) is 5.18. The smallest absolute Gasteiger partial charge is 0.335 e. The molecule has 1 aromatic rings. The molecule has 1 heterocycles. The van der Waals surface area contributed by atoms with Gasteiger partial charge in [0.1, 0.15) is 0 Å². The summed E-state index contributed by atoms with van der Waals surface area (Å²) < 4.78 is 0. The number of benzene rings is 1. The van der Waals surface area contributed by atoms with Gasteiger partial charge < -0.3 is 10.4 Å². The number of nitrogens with one attached hydrogen (secondary N) is 1. The van der Waals surface area contributed by atoms with Crippen LogP contribution in [0.5, 0.6) is 0 Å². The maximum atomic E-state index is 10.8. The van der Waals surface area contributed by atoms with Gasteiger partial charge in [-0.1, -0.05) is 12.1 Å². The molecule has 1 aliphatic heterocycles. The number of hydrogen-bond acceptors (Lipinski definition) is 3. The molecule has 1 aromatic carbocycles. The maximum absolute atomic E-state index is 10.8. The lowest BCUT2D eigenvalue weighted by Crippen LogP contribution is -2.51. The van der Waals surface area contributed by atoms with E-state index in [2.05, 4.69) is 24.1 Å². The van der Waals surface area contributed by atoms with Gasteiger partial charge in [-0.15, -0.1) is 0 Å². The van der Waals surface area contributed by atoms with E-state index in [0.717, 1.165) is 31.7 Å². The summed E-state index contributed by atoms with van der Waals surface area (Å²) in [7, 11) is 0. The second-order valence-corrected chi connectivity index (χ2v) is 5.18. The first-order valence-electron chi connectivity index (χ1n) is 6.31. The minimum atomic E-state index is -0.874. The molecule has 1 fully saturated rings. The summed E-state index contributed by atoms with van der Waals surface area (Å²) in [6, 6.07) is 7.21. The number of aromatic carboxylic acids is 1. The molecule has 0 spiro atoms. The molecule has 18 heavy (non-hydrogen) atoms. The molecular weight excluding hydrogens is 228 g/mol. The fourth-order valence-electron chi connectivity index (χ4n) is 2.43. The molecule has 0 saturated carbocycles. The highest BCUT2D eigenvalue weighted by molar-refractivity contribution is 5.87. The largest absolute Gasteiger partial charge is 0.478 e. The fourth-order valence-corrected chi connectivity index (χ4v) is 2.43. The second kappa shape index (κ2) is 5.08. The third-order valence-corrected chi connectivity index (χ3v) is 3.75. The minimum Gasteiger partial charge on any atom is -0.478 e. The highest BCUT2D eigenvalue weighted by Crippen LogP contribution is 2.28. The van der Waals surface area contributed by atoms with Crippen LogP contribution in [0.15, 0.2) is 24.3 Å². The van der Waals surface area contributed by atoms with E-state index in [4.69, 9.17) is 5.11 Å². The van der Waals surface area contributed by atoms with Crippen molar-refractivity contribution in [3.63, 3.8) is 0 Å². The van der Waals surface area contributed by atoms with E-state index in [1.165, 1.54) is 0 Å². The molecule has 0 radical (unpaired) electrons. The van der Waals surface area contributed by atoms with Gasteiger partial charge in [0.25, 0.3) is 0 Å². The topological polar surface area (TPSA) is 52.6 Å². The maximum Gasteiger partial charge on any atom is 0.335 e. The lowest BCUT2D eigenvalue weighted by atomic mass is 9.91. The Labute approximate surface area is 108 Å². The van der Waals surface area contributed by atoms with Gasteiger partial charge in [0.2, 0.25) is 0 Å². The molecule has 0 atom stereocenters. The van der Waals surface area contributed by atoms with Gasteiger partial charge in [0.05, 0.1) is 5.56 Å². The van der Waals surface area contributed by atoms with Gasteiger partial charge in [-0.05, 0) is 31.5 Å². The van der Waals surface area contributed by atoms with Crippen LogP contribution in [0.1, 0.15) is 29.8 Å². The molecule has 0 unspecified atom stereocenters. The van der Waals surface area contributed by atoms with Gasteiger partial charge in [0.15, 0.2) is 0 Å². The molecule has 4 nitrogen and oxygen atoms in total. The zero-order chi connectivity index (χ0) is 13.2. The molecule has 2 rings (SSSR count). The van der Waals surface area contributed by atoms with Gasteiger partial charge in [-0.25, -0.2) is 4.79 Å². The van der Waals surface area contributed by atoms with Crippen LogP contribution in [0.4, 0.5) is 0 Å². The first-order chi connectivity index (χ1) is 8.51. The van der Waals surface area contributed by atoms with Gasteiger partial charge >= 0.3 is 5.97 Å². The Morgan fingerprint density at radius 2 is 1.78 bits per heavy atom. The summed E-state index contributed by atoms with van der Waals surface area (Å²) in [6.07, 6.45) is 0. The van der Waals surface area contributed by atoms with Crippen molar-refractivity contribution in [3.8, 4) is 0 Å². The van der Waals surface area contributed by atoms with Gasteiger partial charge in [-0.2, -0.15) is 0 Å². The van der Waals surface area contributed by atoms with Crippen LogP contribution >= 0.6 is 0 Å². The van der Waals surface area contributed by atoms with Crippen LogP contribution in [0.2, 0.25) is 0 Å². The SMILES string of the molecule is CC(C)(c1ccc(C(=O)O)cc1)N1CCNCC1. The zero-order valence-electron chi connectivity index (χ0n) is 10.9. The average molecular weight is 248 g/mol. The Kier molecular flexibility index (Phi) is 3.68. The Morgan fingerprint density at radius 1 is 1.22 bits per heavy atom. The molecule has 0 aliphatic carbocycles. The Morgan fingerprint density at radius 3 is 2.28 bits per heavy atom. The highest BCUT2D eigenvalue weighted by Gasteiger charge is 2.29. The standard InChI is InChI=1S/C14H20N2O2/c1-14(2,16-9-7-15-8-10-16)12-5-3-11(4-6-12)13(17)18/h3-6,15H,7-10H2,1-2H3,(H,17,18). The van der Waals surface area contributed by atoms with E-state index in [9.17, 15) is 4.79 Å². The lowest BCUT2D eigenvalue weighted by molar-refractivity contribution is 0.0696. The van der Waals surface area contributed by atoms with Crippen molar-refractivity contribution < 1.29 is 9.90 Å². The molecule has 2 N–H and O–H groups in total. The third kappa shape index (κ3) is 2.54. The van der Waals surface area contributed by atoms with Crippen molar-refractivity contribution in [2.45, 2.75) is 19.4 Å². The fraction of sp³-hybridized carbons (Fsp3) is 0.500. The van der Waals surface area contributed by atoms with Gasteiger partial charge in [0, 0.05) is 31.7 Å². The number of hydrogen-bond donors (Lipinski definition) is 2. The normalized spacial score (nSPS) is 17.7. The molecule has 1 saturated heterocycles. The number of carbonyl (C=O) groups is 1. The van der Waals surface area contributed by atoms with Crippen LogP contribution in [0.25, 0.3) is 0 Å². The molecule has 1 aliphatic rings. The van der Waals surface area contributed by atoms with Crippen molar-refractivity contribution in [2.75, 3.05) is 26.2 Å². The van der Waals surface area contributed by atoms with Crippen molar-refractivity contribution in [1.29, 1.82) is 0 Å². The minimum absolute atomic E-state index is 0.0564. The summed E-state index contributed by atoms with van der Waals surface area (Å²) >= 11 is 0. The van der Waals surface area contributed by atoms with Crippen LogP contribution in [-0.4, -0.2) is 42.2 Å². The van der Waals surface area contributed by atoms with Gasteiger partial charge in [-0.3, -0.25) is 4.90 Å². The Bertz CT molecular complexity index is 420. The van der Waals surface area contributed by atoms with E-state index >= 15 is 0 Å². The molecule has 98 valence electrons. The van der Waals surface area contributed by atoms with E-state index < -0.39 is 5.97 Å². The van der Waals surface area contributed by atoms with Crippen molar-refractivity contribution in [1.82, 2.24) is 10.2 Å². The Hall–Kier alpha value is -1.39. The molecule has 0 amide bonds. The van der Waals surface area contributed by atoms with Crippen molar-refractivity contribution in [3.05, 3.63) is 35.4 Å². The summed E-state index contributed by atoms with van der Waals surface area (Å²) in [5.41, 5.74) is 1.45. The van der Waals surface area contributed by atoms with Crippen LogP contribution in [-0.2, 0) is 5.54 Å². The Balaban J connectivity index is 2.20. The summed E-state index contributed by atoms with van der Waals surface area (Å²) in [5.74, 6) is -0.874. The summed E-state index contributed by atoms with van der Waals surface area (Å²) in [5, 5.41) is 12.3. The number of piperazine rings is 1. The number of nitrogens with zero attached hydrogens (tertiary/aromatic N) is 1. The predicted octanol–water partition coefficient (Wildman–Crippen LogP) is 1.53. The first kappa shape index (κ1) is 13.1. The van der Waals surface area contributed by atoms with Crippen LogP contribution in [0.3, 0.4) is 0 Å². The van der Waals surface area contributed by atoms with Crippen LogP contribution < -0.4 is 5.32 Å². The molecule has 0 bridgehead atoms. The third-order valence-electron chi connectivity index (χ3n) is 3.75. The van der Waals surface area contributed by atoms with Crippen molar-refractivity contribution >= 4 is 5.97 Å². The molecular formula is C14H20N2O2. The molecule has 4 heteroatoms. The summed E-state index contributed by atoms with van der Waals surface area (Å²) in [6.45, 7) is 8.44. The quantitative estimate of drug-likeness (QED) is 0.851. The van der Waals surface area contributed by atoms with E-state index in [1.54, 1.807) is 12.1 Å². The van der Waals surface area contributed by atoms with E-state index in [-0.39, 0.29) is 5.54 Å². The summed E-state index contributed by atoms with van der Waals surface area (Å²) in [4.78, 5) is 13.3. The lowest BCUT2D eigenvalue weighted by Gasteiger charge is -2.41. The number of rotatable bonds is 3.